The quantitative estimate of drug-likeness (QED) is 0.0482. The molecular formula is C69H138O6. The van der Waals surface area contributed by atoms with Crippen LogP contribution in [-0.4, -0.2) is 36.7 Å². The van der Waals surface area contributed by atoms with Crippen molar-refractivity contribution in [1.29, 1.82) is 0 Å². The molecule has 0 aromatic heterocycles. The summed E-state index contributed by atoms with van der Waals surface area (Å²) in [5, 5.41) is 9.60. The Morgan fingerprint density at radius 1 is 0.280 bits per heavy atom. The van der Waals surface area contributed by atoms with Crippen LogP contribution < -0.4 is 0 Å². The molecule has 0 saturated carbocycles. The van der Waals surface area contributed by atoms with E-state index in [0.29, 0.717) is 19.4 Å². The van der Waals surface area contributed by atoms with Gasteiger partial charge >= 0.3 is 17.9 Å². The minimum Gasteiger partial charge on any atom is -0.481 e. The molecule has 0 heterocycles. The topological polar surface area (TPSA) is 89.9 Å². The Labute approximate surface area is 471 Å². The first-order chi connectivity index (χ1) is 36.8. The fourth-order valence-corrected chi connectivity index (χ4v) is 10.5. The lowest BCUT2D eigenvalue weighted by atomic mass is 9.94. The molecule has 0 aromatic carbocycles. The average molecular weight is 1060 g/mol. The molecule has 0 fully saturated rings. The zero-order chi connectivity index (χ0) is 55.4. The van der Waals surface area contributed by atoms with Gasteiger partial charge in [-0.1, -0.05) is 362 Å². The maximum Gasteiger partial charge on any atom is 0.306 e. The van der Waals surface area contributed by atoms with Gasteiger partial charge < -0.3 is 14.6 Å². The van der Waals surface area contributed by atoms with E-state index < -0.39 is 5.97 Å². The normalized spacial score (nSPS) is 11.4. The maximum absolute atomic E-state index is 11.7. The molecule has 0 spiro atoms. The fraction of sp³-hybridized carbons (Fsp3) is 0.957. The summed E-state index contributed by atoms with van der Waals surface area (Å²) in [7, 11) is 1.47. The highest BCUT2D eigenvalue weighted by Gasteiger charge is 2.16. The third-order valence-corrected chi connectivity index (χ3v) is 15.7. The summed E-state index contributed by atoms with van der Waals surface area (Å²) in [6.45, 7) is 11.5. The molecule has 6 nitrogen and oxygen atoms in total. The number of methoxy groups -OCH3 is 1. The lowest BCUT2D eigenvalue weighted by molar-refractivity contribution is -0.143. The number of esters is 2. The molecular weight excluding hydrogens is 925 g/mol. The van der Waals surface area contributed by atoms with Crippen molar-refractivity contribution in [1.82, 2.24) is 0 Å². The van der Waals surface area contributed by atoms with E-state index in [1.165, 1.54) is 328 Å². The van der Waals surface area contributed by atoms with Crippen molar-refractivity contribution in [2.75, 3.05) is 13.7 Å². The second-order valence-electron chi connectivity index (χ2n) is 23.2. The first-order valence-electron chi connectivity index (χ1n) is 34.3. The van der Waals surface area contributed by atoms with E-state index in [-0.39, 0.29) is 17.9 Å². The first kappa shape index (κ1) is 77.6. The third-order valence-electron chi connectivity index (χ3n) is 15.7. The Hall–Kier alpha value is -1.59. The molecule has 0 bridgehead atoms. The summed E-state index contributed by atoms with van der Waals surface area (Å²) in [5.41, 5.74) is 0. The van der Waals surface area contributed by atoms with Crippen molar-refractivity contribution >= 4 is 17.9 Å². The van der Waals surface area contributed by atoms with E-state index in [0.717, 1.165) is 38.5 Å². The predicted octanol–water partition coefficient (Wildman–Crippen LogP) is 24.1. The van der Waals surface area contributed by atoms with E-state index in [1.54, 1.807) is 0 Å². The summed E-state index contributed by atoms with van der Waals surface area (Å²) in [4.78, 5) is 33.6. The van der Waals surface area contributed by atoms with Crippen LogP contribution in [0.5, 0.6) is 0 Å². The lowest BCUT2D eigenvalue weighted by Gasteiger charge is -2.12. The molecule has 0 amide bonds. The minimum atomic E-state index is -0.555. The molecule has 75 heavy (non-hydrogen) atoms. The number of carbonyl (C=O) groups is 3. The number of unbranched alkanes of at least 4 members (excludes halogenated alkanes) is 50. The largest absolute Gasteiger partial charge is 0.481 e. The molecule has 0 rings (SSSR count). The molecule has 1 unspecified atom stereocenters. The van der Waals surface area contributed by atoms with E-state index >= 15 is 0 Å². The van der Waals surface area contributed by atoms with Gasteiger partial charge in [0.1, 0.15) is 0 Å². The number of rotatable bonds is 60. The number of carbonyl (C=O) groups excluding carboxylic acids is 2. The van der Waals surface area contributed by atoms with Gasteiger partial charge in [0, 0.05) is 12.8 Å². The van der Waals surface area contributed by atoms with Gasteiger partial charge in [-0.2, -0.15) is 0 Å². The van der Waals surface area contributed by atoms with Crippen molar-refractivity contribution in [3.63, 3.8) is 0 Å². The van der Waals surface area contributed by atoms with Gasteiger partial charge in [-0.15, -0.1) is 0 Å². The number of hydrogen-bond acceptors (Lipinski definition) is 5. The Morgan fingerprint density at radius 2 is 0.467 bits per heavy atom. The standard InChI is InChI=1S/C36H72O2.C19H38O2.C14H28O2/c1-3-5-7-9-11-13-15-17-19-20-22-24-26-28-30-32-34-35(36(37)38)33-31-29-27-25-23-21-18-16-14-12-10-8-6-4-2;1-3-4-5-6-7-8-9-10-11-12-13-14-15-16-17-18-19(20)21-2;1-3-5-6-7-8-9-10-11-12-13-14(15)16-4-2/h35H,3-34H2,1-2H3,(H,37,38);3-18H2,1-2H3;3-13H2,1-2H3. The smallest absolute Gasteiger partial charge is 0.306 e. The number of aliphatic carboxylic acids is 1. The molecule has 0 aromatic rings. The van der Waals surface area contributed by atoms with Crippen molar-refractivity contribution in [3.05, 3.63) is 0 Å². The highest BCUT2D eigenvalue weighted by Crippen LogP contribution is 2.21. The van der Waals surface area contributed by atoms with Crippen LogP contribution in [0.1, 0.15) is 407 Å². The first-order valence-corrected chi connectivity index (χ1v) is 34.3. The van der Waals surface area contributed by atoms with Gasteiger partial charge in [0.15, 0.2) is 0 Å². The van der Waals surface area contributed by atoms with Crippen LogP contribution in [0.3, 0.4) is 0 Å². The fourth-order valence-electron chi connectivity index (χ4n) is 10.5. The zero-order valence-electron chi connectivity index (χ0n) is 52.3. The van der Waals surface area contributed by atoms with Gasteiger partial charge in [0.25, 0.3) is 0 Å². The number of carboxylic acid groups (broad SMARTS) is 1. The monoisotopic (exact) mass is 1060 g/mol. The molecule has 0 aliphatic carbocycles. The van der Waals surface area contributed by atoms with Crippen molar-refractivity contribution < 1.29 is 29.0 Å². The second kappa shape index (κ2) is 72.4. The van der Waals surface area contributed by atoms with Crippen LogP contribution in [0, 0.1) is 5.92 Å². The molecule has 450 valence electrons. The molecule has 1 N–H and O–H groups in total. The highest BCUT2D eigenvalue weighted by molar-refractivity contribution is 5.70. The second-order valence-corrected chi connectivity index (χ2v) is 23.2. The summed E-state index contributed by atoms with van der Waals surface area (Å²) >= 11 is 0. The van der Waals surface area contributed by atoms with Crippen molar-refractivity contribution in [2.45, 2.75) is 407 Å². The molecule has 0 aliphatic heterocycles. The molecule has 0 saturated heterocycles. The van der Waals surface area contributed by atoms with E-state index in [4.69, 9.17) is 4.74 Å². The SMILES string of the molecule is CCCCCCCCCCCC(=O)OCC.CCCCCCCCCCCCCCCCCC(=O)OC.CCCCCCCCCCCCCCCCCCC(CCCCCCCCCCCCCCCC)C(=O)O. The Bertz CT molecular complexity index is 1060. The molecule has 1 atom stereocenters. The summed E-state index contributed by atoms with van der Waals surface area (Å²) in [6.07, 6.45) is 75.9. The zero-order valence-corrected chi connectivity index (χ0v) is 52.3. The van der Waals surface area contributed by atoms with Gasteiger partial charge in [-0.25, -0.2) is 0 Å². The Kier molecular flexibility index (Phi) is 75.0. The summed E-state index contributed by atoms with van der Waals surface area (Å²) in [6, 6.07) is 0. The van der Waals surface area contributed by atoms with Crippen LogP contribution in [0.2, 0.25) is 0 Å². The van der Waals surface area contributed by atoms with Crippen LogP contribution in [-0.2, 0) is 23.9 Å². The van der Waals surface area contributed by atoms with Crippen LogP contribution in [0.4, 0.5) is 0 Å². The van der Waals surface area contributed by atoms with Gasteiger partial charge in [0.2, 0.25) is 0 Å². The predicted molar refractivity (Wildman–Crippen MR) is 330 cm³/mol. The Morgan fingerprint density at radius 3 is 0.653 bits per heavy atom. The van der Waals surface area contributed by atoms with Crippen molar-refractivity contribution in [2.24, 2.45) is 5.92 Å². The van der Waals surface area contributed by atoms with Gasteiger partial charge in [0.05, 0.1) is 19.6 Å². The number of hydrogen-bond donors (Lipinski definition) is 1. The number of ether oxygens (including phenoxy) is 2. The minimum absolute atomic E-state index is 0.0366. The van der Waals surface area contributed by atoms with Crippen LogP contribution >= 0.6 is 0 Å². The van der Waals surface area contributed by atoms with E-state index in [9.17, 15) is 19.5 Å². The lowest BCUT2D eigenvalue weighted by Crippen LogP contribution is -2.13. The van der Waals surface area contributed by atoms with Crippen LogP contribution in [0.15, 0.2) is 0 Å². The molecule has 0 radical (unpaired) electrons. The molecule has 0 aliphatic rings. The molecule has 6 heteroatoms. The summed E-state index contributed by atoms with van der Waals surface area (Å²) in [5.74, 6) is -0.755. The third kappa shape index (κ3) is 74.5. The Balaban J connectivity index is -0.00000117. The van der Waals surface area contributed by atoms with Gasteiger partial charge in [-0.05, 0) is 32.6 Å². The van der Waals surface area contributed by atoms with Crippen LogP contribution in [0.25, 0.3) is 0 Å². The number of carboxylic acids is 1. The van der Waals surface area contributed by atoms with E-state index in [2.05, 4.69) is 32.4 Å². The van der Waals surface area contributed by atoms with Gasteiger partial charge in [-0.3, -0.25) is 14.4 Å². The summed E-state index contributed by atoms with van der Waals surface area (Å²) < 4.78 is 9.51. The highest BCUT2D eigenvalue weighted by atomic mass is 16.5. The average Bonchev–Trinajstić information content (AvgIpc) is 3.41. The van der Waals surface area contributed by atoms with Crippen molar-refractivity contribution in [3.8, 4) is 0 Å². The maximum atomic E-state index is 11.7. The van der Waals surface area contributed by atoms with E-state index in [1.807, 2.05) is 6.92 Å².